The van der Waals surface area contributed by atoms with Crippen LogP contribution in [0.15, 0.2) is 53.1 Å². The molecule has 0 amide bonds. The van der Waals surface area contributed by atoms with Gasteiger partial charge in [-0.25, -0.2) is 0 Å². The standard InChI is InChI=1S/C23H26N2O2/c1-2-24-15-19-14-20(25-8-11-26-12-9-25)4-5-21(19)22(16-24)17-3-6-23-18(13-17)7-10-27-23/h3-7,10,13-14,22H,2,8-9,11-12,15-16H2,1H3. The second-order valence-electron chi connectivity index (χ2n) is 7.58. The van der Waals surface area contributed by atoms with Gasteiger partial charge in [-0.3, -0.25) is 4.90 Å². The summed E-state index contributed by atoms with van der Waals surface area (Å²) in [6.07, 6.45) is 1.77. The molecular formula is C23H26N2O2. The van der Waals surface area contributed by atoms with Gasteiger partial charge in [-0.1, -0.05) is 19.1 Å². The van der Waals surface area contributed by atoms with Crippen molar-refractivity contribution < 1.29 is 9.15 Å². The Morgan fingerprint density at radius 3 is 2.78 bits per heavy atom. The number of anilines is 1. The Morgan fingerprint density at radius 1 is 1.04 bits per heavy atom. The molecular weight excluding hydrogens is 336 g/mol. The Kier molecular flexibility index (Phi) is 4.38. The lowest BCUT2D eigenvalue weighted by Gasteiger charge is -2.36. The molecule has 1 unspecified atom stereocenters. The van der Waals surface area contributed by atoms with Crippen LogP contribution in [0.3, 0.4) is 0 Å². The van der Waals surface area contributed by atoms with Crippen molar-refractivity contribution in [3.63, 3.8) is 0 Å². The minimum Gasteiger partial charge on any atom is -0.464 e. The van der Waals surface area contributed by atoms with E-state index in [1.54, 1.807) is 6.26 Å². The third-order valence-corrected chi connectivity index (χ3v) is 6.04. The molecule has 0 aliphatic carbocycles. The molecule has 27 heavy (non-hydrogen) atoms. The van der Waals surface area contributed by atoms with Gasteiger partial charge in [-0.15, -0.1) is 0 Å². The molecule has 0 N–H and O–H groups in total. The van der Waals surface area contributed by atoms with Crippen LogP contribution in [0.4, 0.5) is 5.69 Å². The lowest BCUT2D eigenvalue weighted by Crippen LogP contribution is -2.37. The van der Waals surface area contributed by atoms with Crippen LogP contribution in [0.5, 0.6) is 0 Å². The van der Waals surface area contributed by atoms with Crippen LogP contribution in [0.2, 0.25) is 0 Å². The molecule has 1 saturated heterocycles. The third kappa shape index (κ3) is 3.13. The average molecular weight is 362 g/mol. The van der Waals surface area contributed by atoms with Crippen molar-refractivity contribution in [3.8, 4) is 0 Å². The lowest BCUT2D eigenvalue weighted by atomic mass is 9.84. The molecule has 1 aromatic heterocycles. The third-order valence-electron chi connectivity index (χ3n) is 6.04. The van der Waals surface area contributed by atoms with E-state index in [9.17, 15) is 0 Å². The van der Waals surface area contributed by atoms with Crippen LogP contribution >= 0.6 is 0 Å². The van der Waals surface area contributed by atoms with Crippen LogP contribution < -0.4 is 4.90 Å². The van der Waals surface area contributed by atoms with E-state index < -0.39 is 0 Å². The van der Waals surface area contributed by atoms with Crippen molar-refractivity contribution in [2.24, 2.45) is 0 Å². The Hall–Kier alpha value is -2.30. The molecule has 1 fully saturated rings. The zero-order chi connectivity index (χ0) is 18.2. The molecule has 3 heterocycles. The van der Waals surface area contributed by atoms with Gasteiger partial charge in [0, 0.05) is 43.2 Å². The normalized spacial score (nSPS) is 20.8. The van der Waals surface area contributed by atoms with Crippen LogP contribution in [-0.2, 0) is 11.3 Å². The van der Waals surface area contributed by atoms with E-state index in [0.717, 1.165) is 51.5 Å². The molecule has 0 radical (unpaired) electrons. The first kappa shape index (κ1) is 16.8. The Bertz CT molecular complexity index is 942. The second-order valence-corrected chi connectivity index (χ2v) is 7.58. The van der Waals surface area contributed by atoms with Gasteiger partial charge >= 0.3 is 0 Å². The van der Waals surface area contributed by atoms with Crippen LogP contribution in [0, 0.1) is 0 Å². The summed E-state index contributed by atoms with van der Waals surface area (Å²) >= 11 is 0. The molecule has 1 atom stereocenters. The van der Waals surface area contributed by atoms with E-state index in [-0.39, 0.29) is 0 Å². The van der Waals surface area contributed by atoms with Crippen molar-refractivity contribution in [1.82, 2.24) is 4.90 Å². The topological polar surface area (TPSA) is 28.9 Å². The number of benzene rings is 2. The van der Waals surface area contributed by atoms with Crippen LogP contribution in [0.25, 0.3) is 11.0 Å². The van der Waals surface area contributed by atoms with Gasteiger partial charge in [0.05, 0.1) is 19.5 Å². The summed E-state index contributed by atoms with van der Waals surface area (Å²) in [5, 5.41) is 1.19. The van der Waals surface area contributed by atoms with Crippen molar-refractivity contribution in [3.05, 3.63) is 65.4 Å². The molecule has 3 aromatic rings. The fourth-order valence-corrected chi connectivity index (χ4v) is 4.48. The minimum absolute atomic E-state index is 0.409. The maximum absolute atomic E-state index is 5.53. The van der Waals surface area contributed by atoms with E-state index in [1.807, 2.05) is 0 Å². The highest BCUT2D eigenvalue weighted by molar-refractivity contribution is 5.78. The second kappa shape index (κ2) is 7.02. The number of nitrogens with zero attached hydrogens (tertiary/aromatic N) is 2. The zero-order valence-electron chi connectivity index (χ0n) is 15.9. The highest BCUT2D eigenvalue weighted by atomic mass is 16.5. The van der Waals surface area contributed by atoms with Gasteiger partial charge in [0.1, 0.15) is 5.58 Å². The summed E-state index contributed by atoms with van der Waals surface area (Å²) < 4.78 is 11.0. The summed E-state index contributed by atoms with van der Waals surface area (Å²) in [6, 6.07) is 15.8. The first-order valence-corrected chi connectivity index (χ1v) is 9.97. The van der Waals surface area contributed by atoms with Gasteiger partial charge in [-0.05, 0) is 53.6 Å². The molecule has 4 heteroatoms. The molecule has 140 valence electrons. The average Bonchev–Trinajstić information content (AvgIpc) is 3.21. The van der Waals surface area contributed by atoms with Gasteiger partial charge in [0.2, 0.25) is 0 Å². The van der Waals surface area contributed by atoms with E-state index in [2.05, 4.69) is 59.2 Å². The fourth-order valence-electron chi connectivity index (χ4n) is 4.48. The SMILES string of the molecule is CCN1Cc2cc(N3CCOCC3)ccc2C(c2ccc3occc3c2)C1. The monoisotopic (exact) mass is 362 g/mol. The summed E-state index contributed by atoms with van der Waals surface area (Å²) in [6.45, 7) is 9.06. The number of rotatable bonds is 3. The highest BCUT2D eigenvalue weighted by Gasteiger charge is 2.27. The van der Waals surface area contributed by atoms with Crippen molar-refractivity contribution >= 4 is 16.7 Å². The van der Waals surface area contributed by atoms with E-state index in [1.165, 1.54) is 27.8 Å². The Balaban J connectivity index is 1.53. The maximum atomic E-state index is 5.53. The summed E-state index contributed by atoms with van der Waals surface area (Å²) in [7, 11) is 0. The molecule has 2 aliphatic heterocycles. The predicted octanol–water partition coefficient (Wildman–Crippen LogP) is 4.24. The summed E-state index contributed by atoms with van der Waals surface area (Å²) in [5.41, 5.74) is 6.61. The molecule has 5 rings (SSSR count). The Morgan fingerprint density at radius 2 is 1.93 bits per heavy atom. The molecule has 0 saturated carbocycles. The van der Waals surface area contributed by atoms with Crippen molar-refractivity contribution in [2.75, 3.05) is 44.3 Å². The minimum atomic E-state index is 0.409. The van der Waals surface area contributed by atoms with Gasteiger partial charge in [-0.2, -0.15) is 0 Å². The number of hydrogen-bond acceptors (Lipinski definition) is 4. The number of furan rings is 1. The fraction of sp³-hybridized carbons (Fsp3) is 0.391. The smallest absolute Gasteiger partial charge is 0.133 e. The first-order valence-electron chi connectivity index (χ1n) is 9.97. The molecule has 0 spiro atoms. The van der Waals surface area contributed by atoms with Crippen molar-refractivity contribution in [1.29, 1.82) is 0 Å². The zero-order valence-corrected chi connectivity index (χ0v) is 15.9. The molecule has 4 nitrogen and oxygen atoms in total. The molecule has 2 aromatic carbocycles. The first-order chi connectivity index (χ1) is 13.3. The Labute approximate surface area is 160 Å². The van der Waals surface area contributed by atoms with Gasteiger partial charge < -0.3 is 14.1 Å². The summed E-state index contributed by atoms with van der Waals surface area (Å²) in [5.74, 6) is 0.409. The largest absolute Gasteiger partial charge is 0.464 e. The number of ether oxygens (including phenoxy) is 1. The van der Waals surface area contributed by atoms with Crippen molar-refractivity contribution in [2.45, 2.75) is 19.4 Å². The summed E-state index contributed by atoms with van der Waals surface area (Å²) in [4.78, 5) is 5.00. The number of morpholine rings is 1. The molecule has 2 aliphatic rings. The lowest BCUT2D eigenvalue weighted by molar-refractivity contribution is 0.122. The predicted molar refractivity (Wildman–Crippen MR) is 108 cm³/mol. The quantitative estimate of drug-likeness (QED) is 0.697. The highest BCUT2D eigenvalue weighted by Crippen LogP contribution is 2.36. The maximum Gasteiger partial charge on any atom is 0.133 e. The van der Waals surface area contributed by atoms with Gasteiger partial charge in [0.25, 0.3) is 0 Å². The van der Waals surface area contributed by atoms with E-state index in [0.29, 0.717) is 5.92 Å². The molecule has 0 bridgehead atoms. The number of likely N-dealkylation sites (N-methyl/N-ethyl adjacent to an activating group) is 1. The van der Waals surface area contributed by atoms with E-state index in [4.69, 9.17) is 9.15 Å². The van der Waals surface area contributed by atoms with E-state index >= 15 is 0 Å². The van der Waals surface area contributed by atoms with Crippen LogP contribution in [-0.4, -0.2) is 44.3 Å². The van der Waals surface area contributed by atoms with Gasteiger partial charge in [0.15, 0.2) is 0 Å². The van der Waals surface area contributed by atoms with Crippen LogP contribution in [0.1, 0.15) is 29.5 Å². The number of fused-ring (bicyclic) bond motifs is 2. The number of hydrogen-bond donors (Lipinski definition) is 0.